The molecule has 0 saturated carbocycles. The molecule has 0 fully saturated rings. The third-order valence-electron chi connectivity index (χ3n) is 3.60. The van der Waals surface area contributed by atoms with Gasteiger partial charge >= 0.3 is 5.97 Å². The number of pyridine rings is 1. The van der Waals surface area contributed by atoms with E-state index >= 15 is 0 Å². The summed E-state index contributed by atoms with van der Waals surface area (Å²) in [4.78, 5) is 28.2. The number of carbonyl (C=O) groups is 2. The molecule has 1 aromatic heterocycles. The van der Waals surface area contributed by atoms with Crippen LogP contribution in [0.1, 0.15) is 10.4 Å². The lowest BCUT2D eigenvalue weighted by molar-refractivity contribution is -0.119. The van der Waals surface area contributed by atoms with Gasteiger partial charge in [0, 0.05) is 11.1 Å². The molecule has 6 nitrogen and oxygen atoms in total. The van der Waals surface area contributed by atoms with E-state index in [-0.39, 0.29) is 6.61 Å². The van der Waals surface area contributed by atoms with E-state index in [1.165, 1.54) is 0 Å². The molecule has 3 aromatic rings. The molecule has 1 heterocycles. The Morgan fingerprint density at radius 1 is 1.08 bits per heavy atom. The van der Waals surface area contributed by atoms with E-state index in [9.17, 15) is 9.59 Å². The molecular weight excluding hydrogens is 356 g/mol. The van der Waals surface area contributed by atoms with Gasteiger partial charge in [-0.25, -0.2) is 9.78 Å². The van der Waals surface area contributed by atoms with Gasteiger partial charge in [-0.3, -0.25) is 4.79 Å². The van der Waals surface area contributed by atoms with Gasteiger partial charge in [0.15, 0.2) is 6.61 Å². The number of aromatic nitrogens is 1. The van der Waals surface area contributed by atoms with Crippen molar-refractivity contribution in [1.29, 1.82) is 0 Å². The van der Waals surface area contributed by atoms with Gasteiger partial charge in [0.1, 0.15) is 10.9 Å². The van der Waals surface area contributed by atoms with Gasteiger partial charge in [-0.2, -0.15) is 0 Å². The predicted molar refractivity (Wildman–Crippen MR) is 98.7 cm³/mol. The Balaban J connectivity index is 1.59. The topological polar surface area (TPSA) is 77.5 Å². The summed E-state index contributed by atoms with van der Waals surface area (Å²) >= 11 is 5.83. The minimum atomic E-state index is -0.591. The quantitative estimate of drug-likeness (QED) is 0.547. The fourth-order valence-corrected chi connectivity index (χ4v) is 2.47. The smallest absolute Gasteiger partial charge is 0.338 e. The van der Waals surface area contributed by atoms with E-state index in [1.54, 1.807) is 61.7 Å². The van der Waals surface area contributed by atoms with Crippen molar-refractivity contribution in [3.63, 3.8) is 0 Å². The summed E-state index contributed by atoms with van der Waals surface area (Å²) in [5.74, 6) is -0.342. The molecule has 7 heteroatoms. The lowest BCUT2D eigenvalue weighted by Gasteiger charge is -2.08. The first-order chi connectivity index (χ1) is 12.5. The van der Waals surface area contributed by atoms with Crippen LogP contribution in [0, 0.1) is 0 Å². The number of hydrogen-bond acceptors (Lipinski definition) is 5. The Bertz CT molecular complexity index is 957. The van der Waals surface area contributed by atoms with Gasteiger partial charge in [0.2, 0.25) is 0 Å². The average Bonchev–Trinajstić information content (AvgIpc) is 2.66. The molecule has 0 bridgehead atoms. The molecule has 1 N–H and O–H groups in total. The highest BCUT2D eigenvalue weighted by Gasteiger charge is 2.11. The van der Waals surface area contributed by atoms with Crippen molar-refractivity contribution in [2.45, 2.75) is 0 Å². The summed E-state index contributed by atoms with van der Waals surface area (Å²) < 4.78 is 10.1. The maximum atomic E-state index is 12.1. The number of methoxy groups -OCH3 is 1. The zero-order valence-corrected chi connectivity index (χ0v) is 14.6. The van der Waals surface area contributed by atoms with E-state index in [4.69, 9.17) is 21.1 Å². The number of hydrogen-bond donors (Lipinski definition) is 1. The fourth-order valence-electron chi connectivity index (χ4n) is 2.31. The summed E-state index contributed by atoms with van der Waals surface area (Å²) in [6.45, 7) is -0.387. The van der Waals surface area contributed by atoms with Gasteiger partial charge in [-0.1, -0.05) is 11.6 Å². The van der Waals surface area contributed by atoms with Crippen LogP contribution in [-0.2, 0) is 9.53 Å². The lowest BCUT2D eigenvalue weighted by Crippen LogP contribution is -2.20. The Kier molecular flexibility index (Phi) is 5.34. The standard InChI is InChI=1S/C19H15ClN2O4/c1-25-15-6-4-14(5-7-15)21-18(23)11-26-19(24)13-2-8-16-12(10-13)3-9-17(20)22-16/h2-10H,11H2,1H3,(H,21,23). The second-order valence-electron chi connectivity index (χ2n) is 5.39. The van der Waals surface area contributed by atoms with Gasteiger partial charge in [-0.05, 0) is 54.6 Å². The Hall–Kier alpha value is -3.12. The van der Waals surface area contributed by atoms with Crippen molar-refractivity contribution in [1.82, 2.24) is 4.98 Å². The van der Waals surface area contributed by atoms with E-state index in [0.717, 1.165) is 5.39 Å². The second-order valence-corrected chi connectivity index (χ2v) is 5.78. The molecule has 3 rings (SSSR count). The number of amides is 1. The lowest BCUT2D eigenvalue weighted by atomic mass is 10.1. The zero-order chi connectivity index (χ0) is 18.5. The highest BCUT2D eigenvalue weighted by Crippen LogP contribution is 2.18. The molecule has 0 saturated heterocycles. The number of fused-ring (bicyclic) bond motifs is 1. The number of anilines is 1. The van der Waals surface area contributed by atoms with Crippen LogP contribution in [-0.4, -0.2) is 30.6 Å². The SMILES string of the molecule is COc1ccc(NC(=O)COC(=O)c2ccc3nc(Cl)ccc3c2)cc1. The largest absolute Gasteiger partial charge is 0.497 e. The van der Waals surface area contributed by atoms with Crippen molar-refractivity contribution in [3.05, 3.63) is 65.3 Å². The molecule has 1 amide bonds. The Labute approximate surface area is 154 Å². The van der Waals surface area contributed by atoms with Gasteiger partial charge in [0.25, 0.3) is 5.91 Å². The first kappa shape index (κ1) is 17.7. The van der Waals surface area contributed by atoms with Crippen LogP contribution in [0.15, 0.2) is 54.6 Å². The molecule has 0 aliphatic heterocycles. The normalized spacial score (nSPS) is 10.4. The van der Waals surface area contributed by atoms with Crippen LogP contribution >= 0.6 is 11.6 Å². The molecule has 132 valence electrons. The average molecular weight is 371 g/mol. The number of esters is 1. The van der Waals surface area contributed by atoms with Gasteiger partial charge in [0.05, 0.1) is 18.2 Å². The van der Waals surface area contributed by atoms with E-state index in [2.05, 4.69) is 10.3 Å². The fraction of sp³-hybridized carbons (Fsp3) is 0.105. The number of nitrogens with one attached hydrogen (secondary N) is 1. The highest BCUT2D eigenvalue weighted by atomic mass is 35.5. The molecule has 0 radical (unpaired) electrons. The summed E-state index contributed by atoms with van der Waals surface area (Å²) in [6.07, 6.45) is 0. The minimum Gasteiger partial charge on any atom is -0.497 e. The van der Waals surface area contributed by atoms with E-state index < -0.39 is 11.9 Å². The van der Waals surface area contributed by atoms with E-state index in [1.807, 2.05) is 0 Å². The number of rotatable bonds is 5. The minimum absolute atomic E-state index is 0.332. The number of carbonyl (C=O) groups excluding carboxylic acids is 2. The van der Waals surface area contributed by atoms with Crippen molar-refractivity contribution in [3.8, 4) is 5.75 Å². The third kappa shape index (κ3) is 4.29. The van der Waals surface area contributed by atoms with Crippen LogP contribution in [0.5, 0.6) is 5.75 Å². The first-order valence-corrected chi connectivity index (χ1v) is 8.10. The molecular formula is C19H15ClN2O4. The third-order valence-corrected chi connectivity index (χ3v) is 3.81. The maximum absolute atomic E-state index is 12.1. The molecule has 26 heavy (non-hydrogen) atoms. The molecule has 0 unspecified atom stereocenters. The summed E-state index contributed by atoms with van der Waals surface area (Å²) in [5, 5.41) is 3.77. The number of ether oxygens (including phenoxy) is 2. The zero-order valence-electron chi connectivity index (χ0n) is 13.9. The van der Waals surface area contributed by atoms with Crippen molar-refractivity contribution in [2.75, 3.05) is 19.0 Å². The van der Waals surface area contributed by atoms with E-state index in [0.29, 0.717) is 27.7 Å². The number of nitrogens with zero attached hydrogens (tertiary/aromatic N) is 1. The molecule has 2 aromatic carbocycles. The van der Waals surface area contributed by atoms with Crippen LogP contribution < -0.4 is 10.1 Å². The monoisotopic (exact) mass is 370 g/mol. The summed E-state index contributed by atoms with van der Waals surface area (Å²) in [6, 6.07) is 15.1. The molecule has 0 atom stereocenters. The van der Waals surface area contributed by atoms with Crippen molar-refractivity contribution >= 4 is 40.1 Å². The van der Waals surface area contributed by atoms with Crippen LogP contribution in [0.3, 0.4) is 0 Å². The first-order valence-electron chi connectivity index (χ1n) is 7.72. The highest BCUT2D eigenvalue weighted by molar-refractivity contribution is 6.29. The van der Waals surface area contributed by atoms with Crippen LogP contribution in [0.2, 0.25) is 5.15 Å². The van der Waals surface area contributed by atoms with Crippen molar-refractivity contribution < 1.29 is 19.1 Å². The summed E-state index contributed by atoms with van der Waals surface area (Å²) in [5.41, 5.74) is 1.59. The Morgan fingerprint density at radius 3 is 2.58 bits per heavy atom. The van der Waals surface area contributed by atoms with Gasteiger partial charge in [-0.15, -0.1) is 0 Å². The summed E-state index contributed by atoms with van der Waals surface area (Å²) in [7, 11) is 1.56. The molecule has 0 aliphatic carbocycles. The number of halogens is 1. The Morgan fingerprint density at radius 2 is 1.85 bits per heavy atom. The van der Waals surface area contributed by atoms with Gasteiger partial charge < -0.3 is 14.8 Å². The molecule has 0 spiro atoms. The van der Waals surface area contributed by atoms with Crippen LogP contribution in [0.25, 0.3) is 10.9 Å². The maximum Gasteiger partial charge on any atom is 0.338 e. The predicted octanol–water partition coefficient (Wildman–Crippen LogP) is 3.69. The second kappa shape index (κ2) is 7.84. The van der Waals surface area contributed by atoms with Crippen molar-refractivity contribution in [2.24, 2.45) is 0 Å². The number of benzene rings is 2. The van der Waals surface area contributed by atoms with Crippen LogP contribution in [0.4, 0.5) is 5.69 Å². The molecule has 0 aliphatic rings.